The topological polar surface area (TPSA) is 72.4 Å². The van der Waals surface area contributed by atoms with E-state index in [0.29, 0.717) is 23.0 Å². The van der Waals surface area contributed by atoms with Crippen LogP contribution in [0.15, 0.2) is 35.2 Å². The van der Waals surface area contributed by atoms with Gasteiger partial charge in [-0.15, -0.1) is 5.10 Å². The molecular formula is C17H20ClN3O3S. The van der Waals surface area contributed by atoms with Gasteiger partial charge in [0.2, 0.25) is 15.9 Å². The predicted molar refractivity (Wildman–Crippen MR) is 95.4 cm³/mol. The van der Waals surface area contributed by atoms with Crippen molar-refractivity contribution in [2.45, 2.75) is 37.7 Å². The zero-order valence-corrected chi connectivity index (χ0v) is 15.7. The third-order valence-corrected chi connectivity index (χ3v) is 6.41. The molecule has 1 aliphatic rings. The SMILES string of the molecule is Cc1ccc(OC2CCCN(S(=O)(=O)c3cc(Cl)ccc3C)C2)nn1. The third kappa shape index (κ3) is 4.11. The summed E-state index contributed by atoms with van der Waals surface area (Å²) in [6.07, 6.45) is 1.25. The maximum Gasteiger partial charge on any atom is 0.243 e. The minimum absolute atomic E-state index is 0.246. The highest BCUT2D eigenvalue weighted by molar-refractivity contribution is 7.89. The molecule has 0 spiro atoms. The van der Waals surface area contributed by atoms with E-state index in [1.807, 2.05) is 13.0 Å². The van der Waals surface area contributed by atoms with E-state index in [-0.39, 0.29) is 17.5 Å². The smallest absolute Gasteiger partial charge is 0.243 e. The van der Waals surface area contributed by atoms with Crippen LogP contribution in [-0.2, 0) is 10.0 Å². The molecular weight excluding hydrogens is 362 g/mol. The van der Waals surface area contributed by atoms with Gasteiger partial charge in [-0.05, 0) is 50.5 Å². The number of aryl methyl sites for hydroxylation is 2. The van der Waals surface area contributed by atoms with Crippen molar-refractivity contribution < 1.29 is 13.2 Å². The molecule has 0 bridgehead atoms. The molecule has 2 aromatic rings. The Morgan fingerprint density at radius 2 is 2.00 bits per heavy atom. The Morgan fingerprint density at radius 1 is 1.20 bits per heavy atom. The maximum absolute atomic E-state index is 13.0. The van der Waals surface area contributed by atoms with Gasteiger partial charge in [0.1, 0.15) is 6.10 Å². The normalized spacial score (nSPS) is 18.9. The van der Waals surface area contributed by atoms with Crippen LogP contribution in [0.3, 0.4) is 0 Å². The molecule has 8 heteroatoms. The average molecular weight is 382 g/mol. The minimum atomic E-state index is -3.61. The monoisotopic (exact) mass is 381 g/mol. The number of hydrogen-bond acceptors (Lipinski definition) is 5. The Kier molecular flexibility index (Phi) is 5.27. The number of aromatic nitrogens is 2. The molecule has 25 heavy (non-hydrogen) atoms. The largest absolute Gasteiger partial charge is 0.472 e. The number of rotatable bonds is 4. The summed E-state index contributed by atoms with van der Waals surface area (Å²) in [5.41, 5.74) is 1.48. The van der Waals surface area contributed by atoms with Gasteiger partial charge in [-0.2, -0.15) is 9.40 Å². The number of piperidine rings is 1. The number of halogens is 1. The zero-order valence-electron chi connectivity index (χ0n) is 14.1. The molecule has 0 radical (unpaired) electrons. The van der Waals surface area contributed by atoms with Crippen molar-refractivity contribution in [2.24, 2.45) is 0 Å². The first-order valence-corrected chi connectivity index (χ1v) is 9.91. The quantitative estimate of drug-likeness (QED) is 0.814. The molecule has 1 aromatic heterocycles. The van der Waals surface area contributed by atoms with Crippen molar-refractivity contribution in [1.82, 2.24) is 14.5 Å². The fourth-order valence-electron chi connectivity index (χ4n) is 2.83. The molecule has 1 aromatic carbocycles. The molecule has 1 atom stereocenters. The molecule has 1 aliphatic heterocycles. The Morgan fingerprint density at radius 3 is 2.72 bits per heavy atom. The lowest BCUT2D eigenvalue weighted by molar-refractivity contribution is 0.123. The van der Waals surface area contributed by atoms with Gasteiger partial charge in [0.25, 0.3) is 0 Å². The number of nitrogens with zero attached hydrogens (tertiary/aromatic N) is 3. The van der Waals surface area contributed by atoms with Crippen molar-refractivity contribution in [3.8, 4) is 5.88 Å². The fraction of sp³-hybridized carbons (Fsp3) is 0.412. The van der Waals surface area contributed by atoms with E-state index < -0.39 is 10.0 Å². The lowest BCUT2D eigenvalue weighted by Crippen LogP contribution is -2.44. The summed E-state index contributed by atoms with van der Waals surface area (Å²) in [4.78, 5) is 0.246. The van der Waals surface area contributed by atoms with Crippen molar-refractivity contribution in [2.75, 3.05) is 13.1 Å². The van der Waals surface area contributed by atoms with Crippen molar-refractivity contribution in [3.05, 3.63) is 46.6 Å². The second-order valence-corrected chi connectivity index (χ2v) is 8.51. The molecule has 0 amide bonds. The molecule has 2 heterocycles. The molecule has 1 fully saturated rings. The van der Waals surface area contributed by atoms with Crippen LogP contribution in [0.1, 0.15) is 24.1 Å². The third-order valence-electron chi connectivity index (χ3n) is 4.17. The van der Waals surface area contributed by atoms with Gasteiger partial charge in [0.05, 0.1) is 17.1 Å². The van der Waals surface area contributed by atoms with Crippen molar-refractivity contribution >= 4 is 21.6 Å². The molecule has 1 saturated heterocycles. The molecule has 0 saturated carbocycles. The summed E-state index contributed by atoms with van der Waals surface area (Å²) in [6.45, 7) is 4.36. The van der Waals surface area contributed by atoms with Crippen LogP contribution in [0.5, 0.6) is 5.88 Å². The summed E-state index contributed by atoms with van der Waals surface area (Å²) in [7, 11) is -3.61. The van der Waals surface area contributed by atoms with E-state index in [0.717, 1.165) is 18.5 Å². The van der Waals surface area contributed by atoms with Crippen LogP contribution in [0, 0.1) is 13.8 Å². The zero-order chi connectivity index (χ0) is 18.0. The van der Waals surface area contributed by atoms with Gasteiger partial charge in [0.15, 0.2) is 0 Å². The first-order chi connectivity index (χ1) is 11.9. The van der Waals surface area contributed by atoms with E-state index in [4.69, 9.17) is 16.3 Å². The van der Waals surface area contributed by atoms with Gasteiger partial charge in [-0.25, -0.2) is 8.42 Å². The summed E-state index contributed by atoms with van der Waals surface area (Å²) in [6, 6.07) is 8.47. The van der Waals surface area contributed by atoms with E-state index in [9.17, 15) is 8.42 Å². The van der Waals surface area contributed by atoms with Gasteiger partial charge >= 0.3 is 0 Å². The van der Waals surface area contributed by atoms with Gasteiger partial charge in [-0.3, -0.25) is 0 Å². The highest BCUT2D eigenvalue weighted by atomic mass is 35.5. The Balaban J connectivity index is 1.78. The van der Waals surface area contributed by atoms with E-state index in [1.54, 1.807) is 25.1 Å². The summed E-state index contributed by atoms with van der Waals surface area (Å²) >= 11 is 5.99. The van der Waals surface area contributed by atoms with Crippen LogP contribution in [0.2, 0.25) is 5.02 Å². The Labute approximate surface area is 152 Å². The maximum atomic E-state index is 13.0. The Bertz CT molecular complexity index is 856. The molecule has 6 nitrogen and oxygen atoms in total. The van der Waals surface area contributed by atoms with Gasteiger partial charge in [-0.1, -0.05) is 17.7 Å². The van der Waals surface area contributed by atoms with Crippen molar-refractivity contribution in [1.29, 1.82) is 0 Å². The number of hydrogen-bond donors (Lipinski definition) is 0. The van der Waals surface area contributed by atoms with E-state index >= 15 is 0 Å². The van der Waals surface area contributed by atoms with Crippen LogP contribution in [-0.4, -0.2) is 42.1 Å². The van der Waals surface area contributed by atoms with Crippen molar-refractivity contribution in [3.63, 3.8) is 0 Å². The summed E-state index contributed by atoms with van der Waals surface area (Å²) < 4.78 is 33.3. The van der Waals surface area contributed by atoms with E-state index in [1.165, 1.54) is 10.4 Å². The van der Waals surface area contributed by atoms with E-state index in [2.05, 4.69) is 10.2 Å². The lowest BCUT2D eigenvalue weighted by atomic mass is 10.1. The molecule has 0 N–H and O–H groups in total. The first kappa shape index (κ1) is 18.1. The second-order valence-electron chi connectivity index (χ2n) is 6.17. The molecule has 0 aliphatic carbocycles. The highest BCUT2D eigenvalue weighted by Gasteiger charge is 2.32. The molecule has 1 unspecified atom stereocenters. The van der Waals surface area contributed by atoms with Crippen LogP contribution < -0.4 is 4.74 Å². The number of benzene rings is 1. The second kappa shape index (κ2) is 7.27. The molecule has 134 valence electrons. The standard InChI is InChI=1S/C17H20ClN3O3S/c1-12-5-7-14(18)10-16(12)25(22,23)21-9-3-4-15(11-21)24-17-8-6-13(2)19-20-17/h5-8,10,15H,3-4,9,11H2,1-2H3. The summed E-state index contributed by atoms with van der Waals surface area (Å²) in [5.74, 6) is 0.411. The van der Waals surface area contributed by atoms with Gasteiger partial charge < -0.3 is 4.74 Å². The van der Waals surface area contributed by atoms with Crippen LogP contribution in [0.25, 0.3) is 0 Å². The summed E-state index contributed by atoms with van der Waals surface area (Å²) in [5, 5.41) is 8.35. The Hall–Kier alpha value is -1.70. The minimum Gasteiger partial charge on any atom is -0.472 e. The average Bonchev–Trinajstić information content (AvgIpc) is 2.59. The highest BCUT2D eigenvalue weighted by Crippen LogP contribution is 2.27. The fourth-order valence-corrected chi connectivity index (χ4v) is 4.83. The number of ether oxygens (including phenoxy) is 1. The molecule has 3 rings (SSSR count). The van der Waals surface area contributed by atoms with Crippen LogP contribution >= 0.6 is 11.6 Å². The first-order valence-electron chi connectivity index (χ1n) is 8.09. The predicted octanol–water partition coefficient (Wildman–Crippen LogP) is 2.98. The van der Waals surface area contributed by atoms with Gasteiger partial charge in [0, 0.05) is 17.6 Å². The lowest BCUT2D eigenvalue weighted by Gasteiger charge is -2.32. The van der Waals surface area contributed by atoms with Crippen LogP contribution in [0.4, 0.5) is 0 Å². The number of sulfonamides is 1.